The first-order valence-electron chi connectivity index (χ1n) is 7.42. The van der Waals surface area contributed by atoms with E-state index in [1.807, 2.05) is 11.8 Å². The Bertz CT molecular complexity index is 381. The van der Waals surface area contributed by atoms with E-state index in [-0.39, 0.29) is 30.0 Å². The zero-order chi connectivity index (χ0) is 13.4. The summed E-state index contributed by atoms with van der Waals surface area (Å²) in [5.74, 6) is 0.700. The second kappa shape index (κ2) is 5.12. The molecule has 0 bridgehead atoms. The Morgan fingerprint density at radius 1 is 1.32 bits per heavy atom. The van der Waals surface area contributed by atoms with Crippen LogP contribution >= 0.6 is 0 Å². The second-order valence-corrected chi connectivity index (χ2v) is 5.84. The maximum atomic E-state index is 12.6. The van der Waals surface area contributed by atoms with Gasteiger partial charge in [-0.2, -0.15) is 0 Å². The molecule has 0 aromatic heterocycles. The van der Waals surface area contributed by atoms with Crippen molar-refractivity contribution in [1.29, 1.82) is 0 Å². The van der Waals surface area contributed by atoms with Crippen LogP contribution in [0.15, 0.2) is 0 Å². The van der Waals surface area contributed by atoms with Crippen LogP contribution in [-0.4, -0.2) is 48.1 Å². The number of nitrogens with zero attached hydrogens (tertiary/aromatic N) is 1. The Morgan fingerprint density at radius 3 is 2.79 bits per heavy atom. The Kier molecular flexibility index (Phi) is 3.48. The third kappa shape index (κ3) is 2.48. The minimum absolute atomic E-state index is 0.00964. The number of nitrogens with one attached hydrogen (secondary N) is 1. The van der Waals surface area contributed by atoms with Crippen molar-refractivity contribution < 1.29 is 14.3 Å². The molecule has 2 amide bonds. The smallest absolute Gasteiger partial charge is 0.245 e. The molecule has 3 fully saturated rings. The van der Waals surface area contributed by atoms with Gasteiger partial charge in [0.05, 0.1) is 12.1 Å². The van der Waals surface area contributed by atoms with Crippen LogP contribution in [0, 0.1) is 5.92 Å². The van der Waals surface area contributed by atoms with Gasteiger partial charge in [0.15, 0.2) is 0 Å². The zero-order valence-electron chi connectivity index (χ0n) is 11.4. The van der Waals surface area contributed by atoms with Crippen molar-refractivity contribution in [3.63, 3.8) is 0 Å². The van der Waals surface area contributed by atoms with Gasteiger partial charge in [-0.3, -0.25) is 9.59 Å². The molecular formula is C14H22N2O3. The number of amides is 2. The first kappa shape index (κ1) is 12.9. The maximum absolute atomic E-state index is 12.6. The highest BCUT2D eigenvalue weighted by atomic mass is 16.5. The number of carbonyl (C=O) groups excluding carboxylic acids is 2. The summed E-state index contributed by atoms with van der Waals surface area (Å²) in [6.07, 6.45) is 4.63. The molecule has 5 heteroatoms. The van der Waals surface area contributed by atoms with E-state index < -0.39 is 0 Å². The standard InChI is InChI=1S/C14H22N2O3/c1-2-10-14(18)16(7-5-12(17)15-10)11-6-8-19-13(11)9-3-4-9/h9-11,13H,2-8H2,1H3,(H,15,17). The summed E-state index contributed by atoms with van der Waals surface area (Å²) >= 11 is 0. The van der Waals surface area contributed by atoms with Crippen molar-refractivity contribution in [2.24, 2.45) is 5.92 Å². The molecule has 0 radical (unpaired) electrons. The lowest BCUT2D eigenvalue weighted by atomic mass is 10.0. The molecule has 3 rings (SSSR count). The van der Waals surface area contributed by atoms with Crippen LogP contribution < -0.4 is 5.32 Å². The van der Waals surface area contributed by atoms with Gasteiger partial charge >= 0.3 is 0 Å². The molecule has 106 valence electrons. The van der Waals surface area contributed by atoms with E-state index in [1.165, 1.54) is 12.8 Å². The molecule has 19 heavy (non-hydrogen) atoms. The SMILES string of the molecule is CCC1NC(=O)CCN(C2CCOC2C2CC2)C1=O. The van der Waals surface area contributed by atoms with Crippen LogP contribution in [-0.2, 0) is 14.3 Å². The van der Waals surface area contributed by atoms with Crippen molar-refractivity contribution in [2.75, 3.05) is 13.2 Å². The number of ether oxygens (including phenoxy) is 1. The molecule has 2 aliphatic heterocycles. The lowest BCUT2D eigenvalue weighted by Gasteiger charge is -2.32. The highest BCUT2D eigenvalue weighted by Gasteiger charge is 2.45. The molecule has 2 heterocycles. The molecule has 2 saturated heterocycles. The first-order valence-corrected chi connectivity index (χ1v) is 7.42. The van der Waals surface area contributed by atoms with Gasteiger partial charge in [-0.05, 0) is 31.6 Å². The Labute approximate surface area is 113 Å². The topological polar surface area (TPSA) is 58.6 Å². The quantitative estimate of drug-likeness (QED) is 0.817. The van der Waals surface area contributed by atoms with Gasteiger partial charge in [-0.1, -0.05) is 6.92 Å². The highest BCUT2D eigenvalue weighted by molar-refractivity contribution is 5.90. The molecule has 5 nitrogen and oxygen atoms in total. The fourth-order valence-electron chi connectivity index (χ4n) is 3.27. The van der Waals surface area contributed by atoms with E-state index >= 15 is 0 Å². The highest BCUT2D eigenvalue weighted by Crippen LogP contribution is 2.40. The Balaban J connectivity index is 1.77. The van der Waals surface area contributed by atoms with Crippen molar-refractivity contribution in [2.45, 2.75) is 57.2 Å². The molecule has 3 atom stereocenters. The molecular weight excluding hydrogens is 244 g/mol. The Hall–Kier alpha value is -1.10. The van der Waals surface area contributed by atoms with Gasteiger partial charge in [0.25, 0.3) is 0 Å². The normalized spacial score (nSPS) is 36.3. The van der Waals surface area contributed by atoms with Gasteiger partial charge < -0.3 is 15.0 Å². The van der Waals surface area contributed by atoms with Crippen molar-refractivity contribution in [3.8, 4) is 0 Å². The average Bonchev–Trinajstić information content (AvgIpc) is 3.16. The predicted octanol–water partition coefficient (Wildman–Crippen LogP) is 0.681. The van der Waals surface area contributed by atoms with E-state index in [0.717, 1.165) is 13.0 Å². The first-order chi connectivity index (χ1) is 9.20. The number of hydrogen-bond acceptors (Lipinski definition) is 3. The van der Waals surface area contributed by atoms with Crippen LogP contribution in [0.25, 0.3) is 0 Å². The van der Waals surface area contributed by atoms with E-state index in [1.54, 1.807) is 0 Å². The molecule has 3 unspecified atom stereocenters. The molecule has 1 N–H and O–H groups in total. The number of carbonyl (C=O) groups is 2. The lowest BCUT2D eigenvalue weighted by Crippen LogP contribution is -2.51. The fraction of sp³-hybridized carbons (Fsp3) is 0.857. The van der Waals surface area contributed by atoms with Crippen molar-refractivity contribution in [3.05, 3.63) is 0 Å². The minimum Gasteiger partial charge on any atom is -0.376 e. The maximum Gasteiger partial charge on any atom is 0.245 e. The summed E-state index contributed by atoms with van der Waals surface area (Å²) in [7, 11) is 0. The summed E-state index contributed by atoms with van der Waals surface area (Å²) in [5.41, 5.74) is 0. The van der Waals surface area contributed by atoms with Crippen LogP contribution in [0.4, 0.5) is 0 Å². The largest absolute Gasteiger partial charge is 0.376 e. The number of hydrogen-bond donors (Lipinski definition) is 1. The fourth-order valence-corrected chi connectivity index (χ4v) is 3.27. The van der Waals surface area contributed by atoms with Gasteiger partial charge in [0, 0.05) is 19.6 Å². The van der Waals surface area contributed by atoms with E-state index in [2.05, 4.69) is 5.32 Å². The van der Waals surface area contributed by atoms with E-state index in [9.17, 15) is 9.59 Å². The monoisotopic (exact) mass is 266 g/mol. The van der Waals surface area contributed by atoms with Gasteiger partial charge in [0.1, 0.15) is 6.04 Å². The average molecular weight is 266 g/mol. The molecule has 1 saturated carbocycles. The summed E-state index contributed by atoms with van der Waals surface area (Å²) in [6.45, 7) is 3.22. The third-order valence-electron chi connectivity index (χ3n) is 4.49. The van der Waals surface area contributed by atoms with Gasteiger partial charge in [0.2, 0.25) is 11.8 Å². The van der Waals surface area contributed by atoms with Gasteiger partial charge in [-0.15, -0.1) is 0 Å². The zero-order valence-corrected chi connectivity index (χ0v) is 11.4. The summed E-state index contributed by atoms with van der Waals surface area (Å²) in [6, 6.07) is -0.169. The van der Waals surface area contributed by atoms with E-state index in [4.69, 9.17) is 4.74 Å². The minimum atomic E-state index is -0.351. The third-order valence-corrected chi connectivity index (χ3v) is 4.49. The molecule has 0 spiro atoms. The summed E-state index contributed by atoms with van der Waals surface area (Å²) < 4.78 is 5.83. The van der Waals surface area contributed by atoms with Crippen LogP contribution in [0.5, 0.6) is 0 Å². The van der Waals surface area contributed by atoms with E-state index in [0.29, 0.717) is 25.3 Å². The molecule has 0 aromatic rings. The van der Waals surface area contributed by atoms with Crippen LogP contribution in [0.2, 0.25) is 0 Å². The molecule has 3 aliphatic rings. The van der Waals surface area contributed by atoms with Crippen molar-refractivity contribution >= 4 is 11.8 Å². The summed E-state index contributed by atoms with van der Waals surface area (Å²) in [5, 5.41) is 2.82. The summed E-state index contributed by atoms with van der Waals surface area (Å²) in [4.78, 5) is 26.1. The molecule has 1 aliphatic carbocycles. The van der Waals surface area contributed by atoms with Gasteiger partial charge in [-0.25, -0.2) is 0 Å². The van der Waals surface area contributed by atoms with Crippen molar-refractivity contribution in [1.82, 2.24) is 10.2 Å². The van der Waals surface area contributed by atoms with Crippen LogP contribution in [0.3, 0.4) is 0 Å². The lowest BCUT2D eigenvalue weighted by molar-refractivity contribution is -0.137. The van der Waals surface area contributed by atoms with Crippen LogP contribution in [0.1, 0.15) is 39.0 Å². The second-order valence-electron chi connectivity index (χ2n) is 5.84. The molecule has 0 aromatic carbocycles. The predicted molar refractivity (Wildman–Crippen MR) is 69.4 cm³/mol. The Morgan fingerprint density at radius 2 is 2.11 bits per heavy atom. The number of rotatable bonds is 3.